The van der Waals surface area contributed by atoms with Crippen molar-refractivity contribution in [3.63, 3.8) is 0 Å². The van der Waals surface area contributed by atoms with E-state index in [0.29, 0.717) is 6.42 Å². The molecular formula is C14H20N2O. The maximum atomic E-state index is 9.16. The molecule has 0 spiro atoms. The first-order valence-corrected chi connectivity index (χ1v) is 6.07. The summed E-state index contributed by atoms with van der Waals surface area (Å²) in [6, 6.07) is 12.3. The molecule has 3 heteroatoms. The van der Waals surface area contributed by atoms with Gasteiger partial charge in [0, 0.05) is 6.04 Å². The van der Waals surface area contributed by atoms with Crippen molar-refractivity contribution in [2.75, 3.05) is 6.54 Å². The molecule has 0 amide bonds. The lowest BCUT2D eigenvalue weighted by Crippen LogP contribution is -2.22. The van der Waals surface area contributed by atoms with Crippen LogP contribution in [0.25, 0.3) is 0 Å². The van der Waals surface area contributed by atoms with E-state index in [4.69, 9.17) is 10.4 Å². The molecule has 0 bridgehead atoms. The number of rotatable bonds is 7. The van der Waals surface area contributed by atoms with Gasteiger partial charge in [0.25, 0.3) is 0 Å². The Morgan fingerprint density at radius 2 is 2.06 bits per heavy atom. The van der Waals surface area contributed by atoms with E-state index in [2.05, 4.69) is 11.4 Å². The van der Waals surface area contributed by atoms with Gasteiger partial charge in [-0.3, -0.25) is 0 Å². The second kappa shape index (κ2) is 7.83. The van der Waals surface area contributed by atoms with Crippen molar-refractivity contribution in [2.24, 2.45) is 0 Å². The van der Waals surface area contributed by atoms with Gasteiger partial charge in [-0.1, -0.05) is 30.3 Å². The minimum Gasteiger partial charge on any atom is -0.393 e. The van der Waals surface area contributed by atoms with Crippen LogP contribution in [0.5, 0.6) is 0 Å². The molecule has 0 aliphatic heterocycles. The van der Waals surface area contributed by atoms with Crippen LogP contribution in [-0.4, -0.2) is 17.8 Å². The van der Waals surface area contributed by atoms with Crippen molar-refractivity contribution in [3.05, 3.63) is 35.9 Å². The first kappa shape index (κ1) is 13.7. The lowest BCUT2D eigenvalue weighted by Gasteiger charge is -2.16. The third kappa shape index (κ3) is 5.48. The number of hydrogen-bond donors (Lipinski definition) is 2. The van der Waals surface area contributed by atoms with Crippen molar-refractivity contribution in [1.29, 1.82) is 5.26 Å². The van der Waals surface area contributed by atoms with Gasteiger partial charge in [0.05, 0.1) is 18.6 Å². The zero-order valence-electron chi connectivity index (χ0n) is 10.3. The van der Waals surface area contributed by atoms with Gasteiger partial charge in [0.1, 0.15) is 0 Å². The highest BCUT2D eigenvalue weighted by molar-refractivity contribution is 5.19. The number of nitrogens with one attached hydrogen (secondary N) is 1. The first-order valence-electron chi connectivity index (χ1n) is 6.07. The zero-order chi connectivity index (χ0) is 12.5. The summed E-state index contributed by atoms with van der Waals surface area (Å²) in [5.74, 6) is 0. The molecule has 0 saturated heterocycles. The van der Waals surface area contributed by atoms with E-state index in [-0.39, 0.29) is 12.1 Å². The molecule has 0 fully saturated rings. The summed E-state index contributed by atoms with van der Waals surface area (Å²) in [7, 11) is 0. The highest BCUT2D eigenvalue weighted by atomic mass is 16.3. The van der Waals surface area contributed by atoms with Crippen LogP contribution in [0, 0.1) is 11.3 Å². The molecule has 0 aliphatic carbocycles. The Balaban J connectivity index is 2.42. The fourth-order valence-electron chi connectivity index (χ4n) is 1.76. The lowest BCUT2D eigenvalue weighted by atomic mass is 10.0. The van der Waals surface area contributed by atoms with Crippen molar-refractivity contribution in [1.82, 2.24) is 5.32 Å². The topological polar surface area (TPSA) is 56.0 Å². The molecule has 92 valence electrons. The van der Waals surface area contributed by atoms with Gasteiger partial charge in [-0.15, -0.1) is 0 Å². The summed E-state index contributed by atoms with van der Waals surface area (Å²) in [6.07, 6.45) is 1.94. The van der Waals surface area contributed by atoms with E-state index in [0.717, 1.165) is 24.9 Å². The smallest absolute Gasteiger partial charge is 0.0641 e. The second-order valence-corrected chi connectivity index (χ2v) is 4.27. The van der Waals surface area contributed by atoms with Crippen molar-refractivity contribution in [2.45, 2.75) is 38.3 Å². The summed E-state index contributed by atoms with van der Waals surface area (Å²) in [4.78, 5) is 0. The summed E-state index contributed by atoms with van der Waals surface area (Å²) >= 11 is 0. The van der Waals surface area contributed by atoms with E-state index >= 15 is 0 Å². The van der Waals surface area contributed by atoms with Gasteiger partial charge >= 0.3 is 0 Å². The number of hydrogen-bond acceptors (Lipinski definition) is 3. The van der Waals surface area contributed by atoms with Gasteiger partial charge in [-0.25, -0.2) is 0 Å². The van der Waals surface area contributed by atoms with Crippen molar-refractivity contribution in [3.8, 4) is 6.07 Å². The average Bonchev–Trinajstić information content (AvgIpc) is 2.34. The Bertz CT molecular complexity index is 343. The predicted molar refractivity (Wildman–Crippen MR) is 68.3 cm³/mol. The van der Waals surface area contributed by atoms with Crippen molar-refractivity contribution < 1.29 is 5.11 Å². The fourth-order valence-corrected chi connectivity index (χ4v) is 1.76. The number of aliphatic hydroxyl groups is 1. The summed E-state index contributed by atoms with van der Waals surface area (Å²) in [5.41, 5.74) is 1.14. The van der Waals surface area contributed by atoms with Crippen LogP contribution < -0.4 is 5.32 Å². The standard InChI is InChI=1S/C14H20N2O/c1-12(17)6-5-11-16-14(9-10-15)13-7-3-2-4-8-13/h2-4,7-8,12,14,16-17H,5-6,9,11H2,1H3. The molecule has 0 aliphatic rings. The van der Waals surface area contributed by atoms with Crippen LogP contribution >= 0.6 is 0 Å². The number of nitriles is 1. The molecular weight excluding hydrogens is 212 g/mol. The Hall–Kier alpha value is -1.37. The molecule has 0 radical (unpaired) electrons. The molecule has 0 heterocycles. The largest absolute Gasteiger partial charge is 0.393 e. The molecule has 1 aromatic rings. The molecule has 0 aromatic heterocycles. The normalized spacial score (nSPS) is 13.9. The molecule has 0 saturated carbocycles. The maximum Gasteiger partial charge on any atom is 0.0641 e. The second-order valence-electron chi connectivity index (χ2n) is 4.27. The predicted octanol–water partition coefficient (Wildman–Crippen LogP) is 2.39. The van der Waals surface area contributed by atoms with E-state index < -0.39 is 0 Å². The van der Waals surface area contributed by atoms with E-state index in [1.807, 2.05) is 30.3 Å². The Morgan fingerprint density at radius 3 is 2.65 bits per heavy atom. The molecule has 1 aromatic carbocycles. The van der Waals surface area contributed by atoms with Gasteiger partial charge < -0.3 is 10.4 Å². The number of nitrogens with zero attached hydrogens (tertiary/aromatic N) is 1. The van der Waals surface area contributed by atoms with Crippen LogP contribution in [0.15, 0.2) is 30.3 Å². The zero-order valence-corrected chi connectivity index (χ0v) is 10.3. The molecule has 3 nitrogen and oxygen atoms in total. The third-order valence-electron chi connectivity index (χ3n) is 2.69. The molecule has 2 N–H and O–H groups in total. The summed E-state index contributed by atoms with van der Waals surface area (Å²) in [5, 5.41) is 21.3. The Kier molecular flexibility index (Phi) is 6.31. The molecule has 1 rings (SSSR count). The molecule has 17 heavy (non-hydrogen) atoms. The third-order valence-corrected chi connectivity index (χ3v) is 2.69. The highest BCUT2D eigenvalue weighted by Gasteiger charge is 2.09. The number of aliphatic hydroxyl groups excluding tert-OH is 1. The van der Waals surface area contributed by atoms with Gasteiger partial charge in [0.2, 0.25) is 0 Å². The first-order chi connectivity index (χ1) is 8.24. The van der Waals surface area contributed by atoms with E-state index in [1.165, 1.54) is 0 Å². The van der Waals surface area contributed by atoms with Crippen LogP contribution in [-0.2, 0) is 0 Å². The Morgan fingerprint density at radius 1 is 1.35 bits per heavy atom. The van der Waals surface area contributed by atoms with Crippen LogP contribution in [0.1, 0.15) is 37.8 Å². The minimum atomic E-state index is -0.247. The fraction of sp³-hybridized carbons (Fsp3) is 0.500. The summed E-state index contributed by atoms with van der Waals surface area (Å²) < 4.78 is 0. The lowest BCUT2D eigenvalue weighted by molar-refractivity contribution is 0.181. The van der Waals surface area contributed by atoms with E-state index in [1.54, 1.807) is 6.92 Å². The highest BCUT2D eigenvalue weighted by Crippen LogP contribution is 2.15. The maximum absolute atomic E-state index is 9.16. The van der Waals surface area contributed by atoms with E-state index in [9.17, 15) is 0 Å². The molecule has 2 atom stereocenters. The SMILES string of the molecule is CC(O)CCCNC(CC#N)c1ccccc1. The van der Waals surface area contributed by atoms with Crippen molar-refractivity contribution >= 4 is 0 Å². The quantitative estimate of drug-likeness (QED) is 0.710. The van der Waals surface area contributed by atoms with Crippen LogP contribution in [0.2, 0.25) is 0 Å². The minimum absolute atomic E-state index is 0.0928. The monoisotopic (exact) mass is 232 g/mol. The van der Waals surface area contributed by atoms with Gasteiger partial charge in [-0.05, 0) is 31.9 Å². The van der Waals surface area contributed by atoms with Gasteiger partial charge in [-0.2, -0.15) is 5.26 Å². The van der Waals surface area contributed by atoms with Gasteiger partial charge in [0.15, 0.2) is 0 Å². The number of benzene rings is 1. The summed E-state index contributed by atoms with van der Waals surface area (Å²) in [6.45, 7) is 2.62. The van der Waals surface area contributed by atoms with Crippen LogP contribution in [0.3, 0.4) is 0 Å². The Labute approximate surface area is 103 Å². The average molecular weight is 232 g/mol. The van der Waals surface area contributed by atoms with Crippen LogP contribution in [0.4, 0.5) is 0 Å². The molecule has 2 unspecified atom stereocenters.